The van der Waals surface area contributed by atoms with Crippen LogP contribution in [0.2, 0.25) is 0 Å². The first-order chi connectivity index (χ1) is 3.98. The number of hydrogen-bond acceptors (Lipinski definition) is 3. The van der Waals surface area contributed by atoms with Gasteiger partial charge < -0.3 is 0 Å². The zero-order valence-corrected chi connectivity index (χ0v) is 6.09. The Morgan fingerprint density at radius 2 is 2.11 bits per heavy atom. The van der Waals surface area contributed by atoms with E-state index in [4.69, 9.17) is 4.89 Å². The summed E-state index contributed by atoms with van der Waals surface area (Å²) < 4.78 is 14.2. The number of hydrogen-bond donors (Lipinski definition) is 1. The fraction of sp³-hybridized carbons (Fsp3) is 0.750. The normalized spacial score (nSPS) is 13.0. The van der Waals surface area contributed by atoms with Crippen LogP contribution in [0.3, 0.4) is 0 Å². The van der Waals surface area contributed by atoms with Gasteiger partial charge in [-0.15, -0.1) is 9.42 Å². The summed E-state index contributed by atoms with van der Waals surface area (Å²) in [5.74, 6) is 0. The van der Waals surface area contributed by atoms with E-state index in [0.717, 1.165) is 0 Å². The second-order valence-electron chi connectivity index (χ2n) is 2.05. The Bertz CT molecular complexity index is 131. The highest BCUT2D eigenvalue weighted by molar-refractivity contribution is 7.32. The Morgan fingerprint density at radius 1 is 1.67 bits per heavy atom. The van der Waals surface area contributed by atoms with Crippen molar-refractivity contribution in [1.82, 2.24) is 0 Å². The first-order valence-corrected chi connectivity index (χ1v) is 3.42. The Kier molecular flexibility index (Phi) is 2.91. The highest BCUT2D eigenvalue weighted by Gasteiger charge is 2.29. The van der Waals surface area contributed by atoms with Crippen molar-refractivity contribution < 1.29 is 18.8 Å². The van der Waals surface area contributed by atoms with Gasteiger partial charge in [-0.1, -0.05) is 0 Å². The van der Waals surface area contributed by atoms with Gasteiger partial charge in [0.05, 0.1) is 0 Å². The minimum absolute atomic E-state index is 0.469. The van der Waals surface area contributed by atoms with Gasteiger partial charge in [0.1, 0.15) is 0 Å². The standard InChI is InChI=1S/C4H7O4P/c1-4(2,3-5)8-9(6)7/h3H,1-2H3/p+1. The van der Waals surface area contributed by atoms with Gasteiger partial charge in [-0.2, -0.15) is 0 Å². The molecule has 9 heavy (non-hydrogen) atoms. The summed E-state index contributed by atoms with van der Waals surface area (Å²) >= 11 is 0. The number of aldehydes is 1. The lowest BCUT2D eigenvalue weighted by molar-refractivity contribution is -0.119. The van der Waals surface area contributed by atoms with Crippen LogP contribution in [-0.2, 0) is 13.9 Å². The van der Waals surface area contributed by atoms with E-state index in [1.807, 2.05) is 0 Å². The van der Waals surface area contributed by atoms with E-state index in [0.29, 0.717) is 6.29 Å². The second kappa shape index (κ2) is 3.01. The highest BCUT2D eigenvalue weighted by Crippen LogP contribution is 2.23. The molecule has 0 amide bonds. The molecule has 4 nitrogen and oxygen atoms in total. The topological polar surface area (TPSA) is 63.6 Å². The molecule has 0 aliphatic carbocycles. The van der Waals surface area contributed by atoms with E-state index in [-0.39, 0.29) is 0 Å². The Labute approximate surface area is 53.8 Å². The molecule has 0 bridgehead atoms. The number of rotatable bonds is 3. The highest BCUT2D eigenvalue weighted by atomic mass is 31.1. The van der Waals surface area contributed by atoms with Crippen molar-refractivity contribution in [3.05, 3.63) is 0 Å². The Balaban J connectivity index is 3.86. The molecule has 0 spiro atoms. The van der Waals surface area contributed by atoms with Gasteiger partial charge in [-0.05, 0) is 13.8 Å². The molecular weight excluding hydrogens is 143 g/mol. The van der Waals surface area contributed by atoms with Crippen LogP contribution in [0, 0.1) is 0 Å². The van der Waals surface area contributed by atoms with Crippen molar-refractivity contribution in [3.63, 3.8) is 0 Å². The zero-order valence-electron chi connectivity index (χ0n) is 5.20. The van der Waals surface area contributed by atoms with Crippen LogP contribution in [0.25, 0.3) is 0 Å². The van der Waals surface area contributed by atoms with Crippen molar-refractivity contribution >= 4 is 14.5 Å². The third kappa shape index (κ3) is 4.21. The van der Waals surface area contributed by atoms with Gasteiger partial charge in [0, 0.05) is 4.57 Å². The molecule has 0 aromatic carbocycles. The molecule has 0 aliphatic rings. The molecule has 0 fully saturated rings. The molecule has 0 saturated heterocycles. The molecule has 1 unspecified atom stereocenters. The number of carbonyl (C=O) groups excluding carboxylic acids is 1. The molecule has 0 rings (SSSR count). The van der Waals surface area contributed by atoms with Gasteiger partial charge in [-0.3, -0.25) is 4.79 Å². The van der Waals surface area contributed by atoms with Gasteiger partial charge in [-0.25, -0.2) is 0 Å². The predicted molar refractivity (Wildman–Crippen MR) is 31.1 cm³/mol. The Hall–Kier alpha value is -0.310. The summed E-state index contributed by atoms with van der Waals surface area (Å²) in [5.41, 5.74) is -1.15. The van der Waals surface area contributed by atoms with Gasteiger partial charge >= 0.3 is 8.25 Å². The first kappa shape index (κ1) is 8.69. The Morgan fingerprint density at radius 3 is 2.22 bits per heavy atom. The first-order valence-electron chi connectivity index (χ1n) is 2.29. The van der Waals surface area contributed by atoms with Crippen molar-refractivity contribution in [2.75, 3.05) is 0 Å². The van der Waals surface area contributed by atoms with Crippen molar-refractivity contribution in [2.45, 2.75) is 19.4 Å². The summed E-state index contributed by atoms with van der Waals surface area (Å²) in [7, 11) is -2.68. The molecule has 0 radical (unpaired) electrons. The molecular formula is C4H8O4P+. The van der Waals surface area contributed by atoms with Crippen molar-refractivity contribution in [3.8, 4) is 0 Å². The van der Waals surface area contributed by atoms with E-state index in [2.05, 4.69) is 4.52 Å². The molecule has 5 heteroatoms. The molecule has 0 aromatic rings. The third-order valence-corrected chi connectivity index (χ3v) is 1.22. The van der Waals surface area contributed by atoms with Crippen LogP contribution in [-0.4, -0.2) is 16.8 Å². The average Bonchev–Trinajstić information content (AvgIpc) is 1.63. The lowest BCUT2D eigenvalue weighted by atomic mass is 10.2. The van der Waals surface area contributed by atoms with E-state index in [1.165, 1.54) is 13.8 Å². The summed E-state index contributed by atoms with van der Waals surface area (Å²) in [4.78, 5) is 18.1. The smallest absolute Gasteiger partial charge is 0.300 e. The second-order valence-corrected chi connectivity index (χ2v) is 2.71. The largest absolute Gasteiger partial charge is 0.695 e. The fourth-order valence-electron chi connectivity index (χ4n) is 0.223. The predicted octanol–water partition coefficient (Wildman–Crippen LogP) is 0.630. The van der Waals surface area contributed by atoms with E-state index >= 15 is 0 Å². The van der Waals surface area contributed by atoms with Crippen molar-refractivity contribution in [1.29, 1.82) is 0 Å². The van der Waals surface area contributed by atoms with Crippen LogP contribution < -0.4 is 0 Å². The van der Waals surface area contributed by atoms with E-state index in [1.54, 1.807) is 0 Å². The number of carbonyl (C=O) groups is 1. The maximum Gasteiger partial charge on any atom is 0.695 e. The fourth-order valence-corrected chi connectivity index (χ4v) is 0.668. The molecule has 0 saturated carbocycles. The van der Waals surface area contributed by atoms with Gasteiger partial charge in [0.25, 0.3) is 0 Å². The van der Waals surface area contributed by atoms with Gasteiger partial charge in [0.2, 0.25) is 0 Å². The molecule has 0 aromatic heterocycles. The monoisotopic (exact) mass is 151 g/mol. The van der Waals surface area contributed by atoms with Gasteiger partial charge in [0.15, 0.2) is 11.9 Å². The van der Waals surface area contributed by atoms with Crippen LogP contribution in [0.1, 0.15) is 13.8 Å². The minimum atomic E-state index is -2.68. The zero-order chi connectivity index (χ0) is 7.49. The molecule has 0 heterocycles. The van der Waals surface area contributed by atoms with Crippen LogP contribution >= 0.6 is 8.25 Å². The lowest BCUT2D eigenvalue weighted by Gasteiger charge is -2.04. The van der Waals surface area contributed by atoms with E-state index in [9.17, 15) is 9.36 Å². The summed E-state index contributed by atoms with van der Waals surface area (Å²) in [6.07, 6.45) is 0.469. The maximum absolute atomic E-state index is 10.00. The molecule has 0 aliphatic heterocycles. The van der Waals surface area contributed by atoms with Crippen molar-refractivity contribution in [2.24, 2.45) is 0 Å². The van der Waals surface area contributed by atoms with Crippen LogP contribution in [0.5, 0.6) is 0 Å². The molecule has 52 valence electrons. The molecule has 1 atom stereocenters. The summed E-state index contributed by atoms with van der Waals surface area (Å²) in [5, 5.41) is 0. The minimum Gasteiger partial charge on any atom is -0.300 e. The quantitative estimate of drug-likeness (QED) is 0.474. The maximum atomic E-state index is 10.00. The van der Waals surface area contributed by atoms with Crippen LogP contribution in [0.15, 0.2) is 0 Å². The van der Waals surface area contributed by atoms with Crippen LogP contribution in [0.4, 0.5) is 0 Å². The third-order valence-electron chi connectivity index (χ3n) is 0.597. The summed E-state index contributed by atoms with van der Waals surface area (Å²) in [6, 6.07) is 0. The SMILES string of the molecule is CC(C)(C=O)O[P+](=O)O. The lowest BCUT2D eigenvalue weighted by Crippen LogP contribution is -2.22. The average molecular weight is 151 g/mol. The van der Waals surface area contributed by atoms with E-state index < -0.39 is 13.9 Å². The summed E-state index contributed by atoms with van der Waals surface area (Å²) in [6.45, 7) is 2.81. The molecule has 1 N–H and O–H groups in total.